The monoisotopic (exact) mass is 312 g/mol. The molecule has 0 aliphatic heterocycles. The number of nitrogens with one attached hydrogen (secondary N) is 2. The molecule has 5 heteroatoms. The third-order valence-electron chi connectivity index (χ3n) is 3.53. The number of anilines is 2. The molecule has 0 bridgehead atoms. The summed E-state index contributed by atoms with van der Waals surface area (Å²) in [4.78, 5) is 24.8. The number of ketones is 1. The molecule has 0 aromatic heterocycles. The number of rotatable bonds is 6. The van der Waals surface area contributed by atoms with Crippen LogP contribution in [-0.2, 0) is 0 Å². The molecule has 0 unspecified atom stereocenters. The summed E-state index contributed by atoms with van der Waals surface area (Å²) in [7, 11) is 3.30. The van der Waals surface area contributed by atoms with Crippen LogP contribution < -0.4 is 15.4 Å². The Kier molecular flexibility index (Phi) is 5.36. The van der Waals surface area contributed by atoms with Gasteiger partial charge in [-0.25, -0.2) is 0 Å². The zero-order chi connectivity index (χ0) is 16.8. The van der Waals surface area contributed by atoms with Gasteiger partial charge in [0.1, 0.15) is 5.75 Å². The normalized spacial score (nSPS) is 10.0. The summed E-state index contributed by atoms with van der Waals surface area (Å²) >= 11 is 0. The Morgan fingerprint density at radius 1 is 1.09 bits per heavy atom. The van der Waals surface area contributed by atoms with Crippen LogP contribution in [0.15, 0.2) is 42.5 Å². The molecule has 2 rings (SSSR count). The third kappa shape index (κ3) is 3.69. The number of carbonyl (C=O) groups is 2. The summed E-state index contributed by atoms with van der Waals surface area (Å²) in [5, 5.41) is 5.78. The highest BCUT2D eigenvalue weighted by molar-refractivity contribution is 6.15. The van der Waals surface area contributed by atoms with Gasteiger partial charge in [0.05, 0.1) is 12.7 Å². The zero-order valence-electron chi connectivity index (χ0n) is 13.5. The second-order valence-electron chi connectivity index (χ2n) is 4.94. The van der Waals surface area contributed by atoms with Crippen molar-refractivity contribution in [1.29, 1.82) is 0 Å². The van der Waals surface area contributed by atoms with Gasteiger partial charge in [-0.3, -0.25) is 9.59 Å². The molecule has 0 saturated carbocycles. The number of methoxy groups -OCH3 is 1. The van der Waals surface area contributed by atoms with E-state index in [-0.39, 0.29) is 11.7 Å². The van der Waals surface area contributed by atoms with Crippen LogP contribution in [0.4, 0.5) is 11.4 Å². The lowest BCUT2D eigenvalue weighted by molar-refractivity contribution is 0.0969. The highest BCUT2D eigenvalue weighted by atomic mass is 16.5. The molecule has 0 aliphatic carbocycles. The van der Waals surface area contributed by atoms with Crippen molar-refractivity contribution in [3.63, 3.8) is 0 Å². The minimum atomic E-state index is -0.322. The fourth-order valence-corrected chi connectivity index (χ4v) is 2.30. The van der Waals surface area contributed by atoms with Gasteiger partial charge in [-0.15, -0.1) is 0 Å². The molecule has 0 atom stereocenters. The van der Waals surface area contributed by atoms with Gasteiger partial charge in [-0.05, 0) is 30.3 Å². The maximum Gasteiger partial charge on any atom is 0.258 e. The first kappa shape index (κ1) is 16.5. The Morgan fingerprint density at radius 3 is 2.35 bits per heavy atom. The number of Topliss-reactive ketones (excluding diaryl/α,β-unsaturated/α-hetero) is 1. The number of carbonyl (C=O) groups excluding carboxylic acids is 2. The molecule has 0 heterocycles. The maximum atomic E-state index is 12.7. The van der Waals surface area contributed by atoms with E-state index in [0.717, 1.165) is 0 Å². The Hall–Kier alpha value is -2.82. The van der Waals surface area contributed by atoms with Gasteiger partial charge < -0.3 is 15.4 Å². The Labute approximate surface area is 135 Å². The van der Waals surface area contributed by atoms with E-state index in [1.165, 1.54) is 0 Å². The molecule has 0 aliphatic rings. The minimum absolute atomic E-state index is 0.0676. The lowest BCUT2D eigenvalue weighted by Crippen LogP contribution is -2.18. The zero-order valence-corrected chi connectivity index (χ0v) is 13.5. The third-order valence-corrected chi connectivity index (χ3v) is 3.53. The molecule has 2 aromatic carbocycles. The van der Waals surface area contributed by atoms with Crippen molar-refractivity contribution in [2.45, 2.75) is 13.3 Å². The maximum absolute atomic E-state index is 12.7. The summed E-state index contributed by atoms with van der Waals surface area (Å²) in [6.45, 7) is 1.78. The number of amides is 1. The van der Waals surface area contributed by atoms with Gasteiger partial charge in [-0.2, -0.15) is 0 Å². The SMILES string of the molecule is CCC(=O)c1cccc(NC)c1C(=O)Nc1ccc(OC)cc1. The van der Waals surface area contributed by atoms with E-state index in [9.17, 15) is 9.59 Å². The molecule has 0 saturated heterocycles. The van der Waals surface area contributed by atoms with Crippen LogP contribution in [0, 0.1) is 0 Å². The van der Waals surface area contributed by atoms with Crippen LogP contribution in [0.5, 0.6) is 5.75 Å². The van der Waals surface area contributed by atoms with Crippen molar-refractivity contribution in [1.82, 2.24) is 0 Å². The molecule has 23 heavy (non-hydrogen) atoms. The standard InChI is InChI=1S/C18H20N2O3/c1-4-16(21)14-6-5-7-15(19-2)17(14)18(22)20-12-8-10-13(23-3)11-9-12/h5-11,19H,4H2,1-3H3,(H,20,22). The Morgan fingerprint density at radius 2 is 1.78 bits per heavy atom. The summed E-state index contributed by atoms with van der Waals surface area (Å²) in [5.74, 6) is 0.319. The smallest absolute Gasteiger partial charge is 0.258 e. The van der Waals surface area contributed by atoms with Crippen LogP contribution in [0.2, 0.25) is 0 Å². The summed E-state index contributed by atoms with van der Waals surface area (Å²) < 4.78 is 5.09. The van der Waals surface area contributed by atoms with Crippen molar-refractivity contribution >= 4 is 23.1 Å². The van der Waals surface area contributed by atoms with Crippen molar-refractivity contribution < 1.29 is 14.3 Å². The second-order valence-corrected chi connectivity index (χ2v) is 4.94. The first-order valence-electron chi connectivity index (χ1n) is 7.40. The number of hydrogen-bond acceptors (Lipinski definition) is 4. The van der Waals surface area contributed by atoms with Crippen molar-refractivity contribution in [2.24, 2.45) is 0 Å². The summed E-state index contributed by atoms with van der Waals surface area (Å²) in [6.07, 6.45) is 0.343. The fraction of sp³-hybridized carbons (Fsp3) is 0.222. The number of benzene rings is 2. The van der Waals surface area contributed by atoms with Crippen molar-refractivity contribution in [3.8, 4) is 5.75 Å². The number of hydrogen-bond donors (Lipinski definition) is 2. The van der Waals surface area contributed by atoms with Crippen LogP contribution in [0.3, 0.4) is 0 Å². The van der Waals surface area contributed by atoms with Gasteiger partial charge in [0.25, 0.3) is 5.91 Å². The van der Waals surface area contributed by atoms with Gasteiger partial charge >= 0.3 is 0 Å². The molecule has 0 fully saturated rings. The van der Waals surface area contributed by atoms with E-state index in [1.54, 1.807) is 63.5 Å². The molecule has 2 N–H and O–H groups in total. The molecule has 1 amide bonds. The van der Waals surface area contributed by atoms with E-state index in [1.807, 2.05) is 0 Å². The fourth-order valence-electron chi connectivity index (χ4n) is 2.30. The summed E-state index contributed by atoms with van der Waals surface area (Å²) in [6, 6.07) is 12.2. The van der Waals surface area contributed by atoms with E-state index in [0.29, 0.717) is 34.7 Å². The lowest BCUT2D eigenvalue weighted by atomic mass is 9.99. The van der Waals surface area contributed by atoms with Gasteiger partial charge in [0, 0.05) is 30.4 Å². The van der Waals surface area contributed by atoms with Crippen LogP contribution >= 0.6 is 0 Å². The Bertz CT molecular complexity index is 709. The lowest BCUT2D eigenvalue weighted by Gasteiger charge is -2.14. The molecular formula is C18H20N2O3. The highest BCUT2D eigenvalue weighted by Crippen LogP contribution is 2.23. The van der Waals surface area contributed by atoms with Crippen LogP contribution in [0.1, 0.15) is 34.1 Å². The van der Waals surface area contributed by atoms with Crippen LogP contribution in [-0.4, -0.2) is 25.8 Å². The van der Waals surface area contributed by atoms with Crippen molar-refractivity contribution in [2.75, 3.05) is 24.8 Å². The Balaban J connectivity index is 2.35. The molecular weight excluding hydrogens is 292 g/mol. The predicted octanol–water partition coefficient (Wildman–Crippen LogP) is 3.58. The average Bonchev–Trinajstić information content (AvgIpc) is 2.60. The molecule has 0 radical (unpaired) electrons. The van der Waals surface area contributed by atoms with Gasteiger partial charge in [-0.1, -0.05) is 19.1 Å². The minimum Gasteiger partial charge on any atom is -0.497 e. The molecule has 5 nitrogen and oxygen atoms in total. The second kappa shape index (κ2) is 7.45. The topological polar surface area (TPSA) is 67.4 Å². The summed E-state index contributed by atoms with van der Waals surface area (Å²) in [5.41, 5.74) is 2.04. The highest BCUT2D eigenvalue weighted by Gasteiger charge is 2.19. The average molecular weight is 312 g/mol. The van der Waals surface area contributed by atoms with E-state index in [4.69, 9.17) is 4.74 Å². The van der Waals surface area contributed by atoms with E-state index >= 15 is 0 Å². The van der Waals surface area contributed by atoms with E-state index < -0.39 is 0 Å². The molecule has 2 aromatic rings. The van der Waals surface area contributed by atoms with Crippen molar-refractivity contribution in [3.05, 3.63) is 53.6 Å². The molecule has 0 spiro atoms. The largest absolute Gasteiger partial charge is 0.497 e. The first-order chi connectivity index (χ1) is 11.1. The first-order valence-corrected chi connectivity index (χ1v) is 7.40. The number of ether oxygens (including phenoxy) is 1. The van der Waals surface area contributed by atoms with E-state index in [2.05, 4.69) is 10.6 Å². The quantitative estimate of drug-likeness (QED) is 0.800. The van der Waals surface area contributed by atoms with Gasteiger partial charge in [0.15, 0.2) is 5.78 Å². The molecule has 120 valence electrons. The predicted molar refractivity (Wildman–Crippen MR) is 91.6 cm³/mol. The van der Waals surface area contributed by atoms with Crippen LogP contribution in [0.25, 0.3) is 0 Å². The van der Waals surface area contributed by atoms with Gasteiger partial charge in [0.2, 0.25) is 0 Å².